The molecule has 1 rings (SSSR count). The second-order valence-electron chi connectivity index (χ2n) is 5.46. The summed E-state index contributed by atoms with van der Waals surface area (Å²) in [5, 5.41) is 12.0. The lowest BCUT2D eigenvalue weighted by Gasteiger charge is -2.23. The second kappa shape index (κ2) is 9.07. The molecule has 0 saturated carbocycles. The van der Waals surface area contributed by atoms with E-state index in [4.69, 9.17) is 5.11 Å². The van der Waals surface area contributed by atoms with Crippen LogP contribution in [0.3, 0.4) is 0 Å². The normalized spacial score (nSPS) is 10.3. The number of aromatic carboxylic acids is 1. The number of nitrogens with zero attached hydrogens (tertiary/aromatic N) is 1. The van der Waals surface area contributed by atoms with Crippen LogP contribution in [0.25, 0.3) is 0 Å². The van der Waals surface area contributed by atoms with Gasteiger partial charge in [-0.1, -0.05) is 26.7 Å². The Hall–Kier alpha value is -2.04. The number of rotatable bonds is 9. The van der Waals surface area contributed by atoms with Crippen LogP contribution in [-0.4, -0.2) is 30.6 Å². The van der Waals surface area contributed by atoms with Gasteiger partial charge in [0.25, 0.3) is 0 Å². The summed E-state index contributed by atoms with van der Waals surface area (Å²) < 4.78 is 0. The van der Waals surface area contributed by atoms with Gasteiger partial charge < -0.3 is 15.3 Å². The van der Waals surface area contributed by atoms with Crippen molar-refractivity contribution in [2.24, 2.45) is 0 Å². The van der Waals surface area contributed by atoms with Crippen molar-refractivity contribution in [2.45, 2.75) is 46.0 Å². The number of amides is 1. The van der Waals surface area contributed by atoms with Gasteiger partial charge in [-0.05, 0) is 31.0 Å². The minimum atomic E-state index is -0.994. The molecule has 0 radical (unpaired) electrons. The zero-order valence-corrected chi connectivity index (χ0v) is 13.7. The molecule has 0 saturated heterocycles. The van der Waals surface area contributed by atoms with Crippen molar-refractivity contribution in [1.82, 2.24) is 0 Å². The quantitative estimate of drug-likeness (QED) is 0.729. The second-order valence-corrected chi connectivity index (χ2v) is 5.46. The molecule has 0 unspecified atom stereocenters. The SMILES string of the molecule is CCCCC(=O)Nc1cc(C(=O)O)ccc1N(C)CCCC. The Morgan fingerprint density at radius 1 is 1.18 bits per heavy atom. The maximum atomic E-state index is 12.0. The first-order valence-electron chi connectivity index (χ1n) is 7.87. The van der Waals surface area contributed by atoms with Crippen LogP contribution in [0.2, 0.25) is 0 Å². The number of hydrogen-bond acceptors (Lipinski definition) is 3. The third kappa shape index (κ3) is 5.39. The number of carbonyl (C=O) groups excluding carboxylic acids is 1. The Morgan fingerprint density at radius 3 is 2.45 bits per heavy atom. The van der Waals surface area contributed by atoms with Crippen LogP contribution < -0.4 is 10.2 Å². The maximum absolute atomic E-state index is 12.0. The van der Waals surface area contributed by atoms with Crippen molar-refractivity contribution >= 4 is 23.3 Å². The molecule has 0 heterocycles. The Labute approximate surface area is 132 Å². The molecule has 0 aromatic heterocycles. The van der Waals surface area contributed by atoms with Gasteiger partial charge in [-0.2, -0.15) is 0 Å². The highest BCUT2D eigenvalue weighted by atomic mass is 16.4. The Kier molecular flexibility index (Phi) is 7.43. The average molecular weight is 306 g/mol. The number of carboxylic acid groups (broad SMARTS) is 1. The average Bonchev–Trinajstić information content (AvgIpc) is 2.50. The molecule has 22 heavy (non-hydrogen) atoms. The minimum Gasteiger partial charge on any atom is -0.478 e. The van der Waals surface area contributed by atoms with Crippen LogP contribution in [-0.2, 0) is 4.79 Å². The summed E-state index contributed by atoms with van der Waals surface area (Å²) in [6.07, 6.45) is 4.35. The van der Waals surface area contributed by atoms with E-state index < -0.39 is 5.97 Å². The number of nitrogens with one attached hydrogen (secondary N) is 1. The number of benzene rings is 1. The van der Waals surface area contributed by atoms with Crippen LogP contribution >= 0.6 is 0 Å². The molecule has 0 spiro atoms. The maximum Gasteiger partial charge on any atom is 0.335 e. The van der Waals surface area contributed by atoms with Gasteiger partial charge in [0, 0.05) is 20.0 Å². The van der Waals surface area contributed by atoms with Gasteiger partial charge in [0.1, 0.15) is 0 Å². The number of carbonyl (C=O) groups is 2. The van der Waals surface area contributed by atoms with E-state index in [0.717, 1.165) is 37.9 Å². The number of hydrogen-bond donors (Lipinski definition) is 2. The molecule has 5 nitrogen and oxygen atoms in total. The number of carboxylic acids is 1. The Bertz CT molecular complexity index is 515. The van der Waals surface area contributed by atoms with E-state index in [1.807, 2.05) is 18.9 Å². The molecular formula is C17H26N2O3. The Balaban J connectivity index is 2.99. The first kappa shape index (κ1) is 18.0. The van der Waals surface area contributed by atoms with Crippen LogP contribution in [0.4, 0.5) is 11.4 Å². The van der Waals surface area contributed by atoms with E-state index in [1.165, 1.54) is 6.07 Å². The lowest BCUT2D eigenvalue weighted by atomic mass is 10.1. The van der Waals surface area contributed by atoms with Crippen molar-refractivity contribution in [2.75, 3.05) is 23.8 Å². The van der Waals surface area contributed by atoms with E-state index in [9.17, 15) is 9.59 Å². The first-order valence-corrected chi connectivity index (χ1v) is 7.87. The number of unbranched alkanes of at least 4 members (excludes halogenated alkanes) is 2. The molecular weight excluding hydrogens is 280 g/mol. The molecule has 1 aromatic carbocycles. The van der Waals surface area contributed by atoms with E-state index in [0.29, 0.717) is 12.1 Å². The molecule has 1 amide bonds. The van der Waals surface area contributed by atoms with Crippen molar-refractivity contribution in [3.8, 4) is 0 Å². The fourth-order valence-corrected chi connectivity index (χ4v) is 2.17. The molecule has 1 aromatic rings. The first-order chi connectivity index (χ1) is 10.5. The summed E-state index contributed by atoms with van der Waals surface area (Å²) in [7, 11) is 1.95. The lowest BCUT2D eigenvalue weighted by molar-refractivity contribution is -0.116. The monoisotopic (exact) mass is 306 g/mol. The molecule has 0 aliphatic carbocycles. The molecule has 0 aliphatic rings. The van der Waals surface area contributed by atoms with Crippen LogP contribution in [0.1, 0.15) is 56.3 Å². The van der Waals surface area contributed by atoms with Crippen LogP contribution in [0.5, 0.6) is 0 Å². The predicted molar refractivity (Wildman–Crippen MR) is 89.7 cm³/mol. The van der Waals surface area contributed by atoms with E-state index in [-0.39, 0.29) is 11.5 Å². The van der Waals surface area contributed by atoms with E-state index in [2.05, 4.69) is 12.2 Å². The summed E-state index contributed by atoms with van der Waals surface area (Å²) in [6.45, 7) is 5.01. The molecule has 2 N–H and O–H groups in total. The van der Waals surface area contributed by atoms with Gasteiger partial charge in [0.15, 0.2) is 0 Å². The van der Waals surface area contributed by atoms with Crippen molar-refractivity contribution in [1.29, 1.82) is 0 Å². The molecule has 122 valence electrons. The summed E-state index contributed by atoms with van der Waals surface area (Å²) in [5.74, 6) is -1.07. The van der Waals surface area contributed by atoms with Gasteiger partial charge >= 0.3 is 5.97 Å². The molecule has 0 atom stereocenters. The van der Waals surface area contributed by atoms with Crippen molar-refractivity contribution in [3.05, 3.63) is 23.8 Å². The molecule has 0 bridgehead atoms. The van der Waals surface area contributed by atoms with E-state index in [1.54, 1.807) is 12.1 Å². The highest BCUT2D eigenvalue weighted by Gasteiger charge is 2.13. The largest absolute Gasteiger partial charge is 0.478 e. The highest BCUT2D eigenvalue weighted by molar-refractivity contribution is 5.97. The molecule has 0 aliphatic heterocycles. The summed E-state index contributed by atoms with van der Waals surface area (Å²) in [5.41, 5.74) is 1.60. The third-order valence-corrected chi connectivity index (χ3v) is 3.53. The zero-order valence-electron chi connectivity index (χ0n) is 13.7. The fourth-order valence-electron chi connectivity index (χ4n) is 2.17. The van der Waals surface area contributed by atoms with Crippen molar-refractivity contribution < 1.29 is 14.7 Å². The fraction of sp³-hybridized carbons (Fsp3) is 0.529. The van der Waals surface area contributed by atoms with Crippen molar-refractivity contribution in [3.63, 3.8) is 0 Å². The Morgan fingerprint density at radius 2 is 1.86 bits per heavy atom. The predicted octanol–water partition coefficient (Wildman–Crippen LogP) is 3.75. The van der Waals surface area contributed by atoms with Crippen LogP contribution in [0.15, 0.2) is 18.2 Å². The minimum absolute atomic E-state index is 0.0745. The molecule has 5 heteroatoms. The van der Waals surface area contributed by atoms with Gasteiger partial charge in [-0.15, -0.1) is 0 Å². The van der Waals surface area contributed by atoms with E-state index >= 15 is 0 Å². The summed E-state index contributed by atoms with van der Waals surface area (Å²) in [4.78, 5) is 25.1. The highest BCUT2D eigenvalue weighted by Crippen LogP contribution is 2.27. The smallest absolute Gasteiger partial charge is 0.335 e. The zero-order chi connectivity index (χ0) is 16.5. The topological polar surface area (TPSA) is 69.6 Å². The third-order valence-electron chi connectivity index (χ3n) is 3.53. The van der Waals surface area contributed by atoms with Gasteiger partial charge in [-0.25, -0.2) is 4.79 Å². The molecule has 0 fully saturated rings. The van der Waals surface area contributed by atoms with Gasteiger partial charge in [0.2, 0.25) is 5.91 Å². The van der Waals surface area contributed by atoms with Crippen LogP contribution in [0, 0.1) is 0 Å². The van der Waals surface area contributed by atoms with Gasteiger partial charge in [0.05, 0.1) is 16.9 Å². The summed E-state index contributed by atoms with van der Waals surface area (Å²) in [6, 6.07) is 4.86. The standard InChI is InChI=1S/C17H26N2O3/c1-4-6-8-16(20)18-14-12-13(17(21)22)9-10-15(14)19(3)11-7-5-2/h9-10,12H,4-8,11H2,1-3H3,(H,18,20)(H,21,22). The summed E-state index contributed by atoms with van der Waals surface area (Å²) >= 11 is 0. The lowest BCUT2D eigenvalue weighted by Crippen LogP contribution is -2.21. The number of anilines is 2. The van der Waals surface area contributed by atoms with Gasteiger partial charge in [-0.3, -0.25) is 4.79 Å².